The molecular formula is C17H17N5O2S. The molecule has 0 aromatic carbocycles. The van der Waals surface area contributed by atoms with E-state index in [1.54, 1.807) is 18.5 Å². The number of anilines is 3. The maximum absolute atomic E-state index is 12.1. The molecule has 8 heteroatoms. The van der Waals surface area contributed by atoms with E-state index in [2.05, 4.69) is 25.6 Å². The topological polar surface area (TPSA) is 89.0 Å². The number of amides is 1. The Bertz CT molecular complexity index is 910. The van der Waals surface area contributed by atoms with Crippen molar-refractivity contribution in [2.24, 2.45) is 0 Å². The summed E-state index contributed by atoms with van der Waals surface area (Å²) in [6.07, 6.45) is 2.79. The van der Waals surface area contributed by atoms with E-state index in [1.165, 1.54) is 11.3 Å². The van der Waals surface area contributed by atoms with Gasteiger partial charge in [0.1, 0.15) is 5.82 Å². The molecule has 0 spiro atoms. The summed E-state index contributed by atoms with van der Waals surface area (Å²) >= 11 is 1.40. The van der Waals surface area contributed by atoms with Gasteiger partial charge in [0.15, 0.2) is 5.00 Å². The molecule has 0 bridgehead atoms. The fraction of sp³-hybridized carbons (Fsp3) is 0.176. The number of pyridine rings is 2. The number of hydrogen-bond donors (Lipinski definition) is 2. The van der Waals surface area contributed by atoms with Crippen LogP contribution < -0.4 is 15.4 Å². The lowest BCUT2D eigenvalue weighted by Crippen LogP contribution is -2.18. The van der Waals surface area contributed by atoms with Crippen LogP contribution in [0.1, 0.15) is 16.3 Å². The zero-order chi connectivity index (χ0) is 17.8. The SMILES string of the molecule is Cc1cccc(NC(=O)Oc2nc(C)sc2Nc2cnccc2C)n1. The molecule has 128 valence electrons. The van der Waals surface area contributed by atoms with Crippen LogP contribution in [-0.4, -0.2) is 21.0 Å². The predicted molar refractivity (Wildman–Crippen MR) is 97.7 cm³/mol. The Labute approximate surface area is 149 Å². The highest BCUT2D eigenvalue weighted by Gasteiger charge is 2.16. The van der Waals surface area contributed by atoms with Crippen molar-refractivity contribution in [2.75, 3.05) is 10.6 Å². The van der Waals surface area contributed by atoms with Gasteiger partial charge in [-0.1, -0.05) is 17.4 Å². The third-order valence-corrected chi connectivity index (χ3v) is 4.17. The minimum absolute atomic E-state index is 0.218. The van der Waals surface area contributed by atoms with E-state index in [9.17, 15) is 4.79 Å². The lowest BCUT2D eigenvalue weighted by Gasteiger charge is -2.09. The van der Waals surface area contributed by atoms with E-state index in [0.717, 1.165) is 22.0 Å². The number of aromatic nitrogens is 3. The summed E-state index contributed by atoms with van der Waals surface area (Å²) in [6, 6.07) is 7.24. The van der Waals surface area contributed by atoms with Crippen LogP contribution in [0.25, 0.3) is 0 Å². The average Bonchev–Trinajstić information content (AvgIpc) is 2.88. The zero-order valence-electron chi connectivity index (χ0n) is 14.0. The summed E-state index contributed by atoms with van der Waals surface area (Å²) in [7, 11) is 0. The molecule has 0 atom stereocenters. The molecule has 7 nitrogen and oxygen atoms in total. The Morgan fingerprint density at radius 2 is 2.00 bits per heavy atom. The lowest BCUT2D eigenvalue weighted by atomic mass is 10.2. The second kappa shape index (κ2) is 7.27. The summed E-state index contributed by atoms with van der Waals surface area (Å²) in [6.45, 7) is 5.66. The molecule has 0 fully saturated rings. The minimum atomic E-state index is -0.644. The summed E-state index contributed by atoms with van der Waals surface area (Å²) in [5.41, 5.74) is 2.66. The van der Waals surface area contributed by atoms with E-state index in [4.69, 9.17) is 4.74 Å². The van der Waals surface area contributed by atoms with Crippen LogP contribution >= 0.6 is 11.3 Å². The van der Waals surface area contributed by atoms with Crippen molar-refractivity contribution in [3.8, 4) is 5.88 Å². The van der Waals surface area contributed by atoms with E-state index < -0.39 is 6.09 Å². The van der Waals surface area contributed by atoms with Gasteiger partial charge in [-0.2, -0.15) is 0 Å². The van der Waals surface area contributed by atoms with Gasteiger partial charge in [-0.15, -0.1) is 0 Å². The summed E-state index contributed by atoms with van der Waals surface area (Å²) in [5, 5.41) is 7.23. The number of thiazole rings is 1. The van der Waals surface area contributed by atoms with E-state index in [-0.39, 0.29) is 5.88 Å². The molecule has 0 radical (unpaired) electrons. The van der Waals surface area contributed by atoms with Crippen LogP contribution in [-0.2, 0) is 0 Å². The molecule has 25 heavy (non-hydrogen) atoms. The van der Waals surface area contributed by atoms with Gasteiger partial charge in [-0.25, -0.2) is 14.8 Å². The monoisotopic (exact) mass is 355 g/mol. The van der Waals surface area contributed by atoms with Gasteiger partial charge >= 0.3 is 6.09 Å². The zero-order valence-corrected chi connectivity index (χ0v) is 14.8. The molecule has 0 aliphatic rings. The van der Waals surface area contributed by atoms with Crippen molar-refractivity contribution >= 4 is 33.9 Å². The standard InChI is InChI=1S/C17H17N5O2S/c1-10-7-8-18-9-13(10)21-16-15(20-12(3)25-16)24-17(23)22-14-6-4-5-11(2)19-14/h4-9,21H,1-3H3,(H,19,22,23). The molecule has 3 heterocycles. The molecule has 0 aliphatic heterocycles. The number of ether oxygens (including phenoxy) is 1. The molecule has 0 saturated carbocycles. The van der Waals surface area contributed by atoms with Gasteiger partial charge < -0.3 is 10.1 Å². The van der Waals surface area contributed by atoms with Gasteiger partial charge in [0, 0.05) is 11.9 Å². The lowest BCUT2D eigenvalue weighted by molar-refractivity contribution is 0.213. The molecular weight excluding hydrogens is 338 g/mol. The van der Waals surface area contributed by atoms with Crippen molar-refractivity contribution in [3.63, 3.8) is 0 Å². The number of rotatable bonds is 4. The van der Waals surface area contributed by atoms with Crippen LogP contribution in [0.4, 0.5) is 21.3 Å². The number of carbonyl (C=O) groups is 1. The highest BCUT2D eigenvalue weighted by Crippen LogP contribution is 2.34. The third-order valence-electron chi connectivity index (χ3n) is 3.30. The van der Waals surface area contributed by atoms with Crippen LogP contribution in [0.15, 0.2) is 36.7 Å². The van der Waals surface area contributed by atoms with Crippen molar-refractivity contribution in [3.05, 3.63) is 52.9 Å². The number of aryl methyl sites for hydroxylation is 3. The van der Waals surface area contributed by atoms with E-state index in [1.807, 2.05) is 39.0 Å². The second-order valence-corrected chi connectivity index (χ2v) is 6.56. The minimum Gasteiger partial charge on any atom is -0.388 e. The average molecular weight is 355 g/mol. The fourth-order valence-electron chi connectivity index (χ4n) is 2.10. The number of carbonyl (C=O) groups excluding carboxylic acids is 1. The van der Waals surface area contributed by atoms with Crippen molar-refractivity contribution in [2.45, 2.75) is 20.8 Å². The van der Waals surface area contributed by atoms with E-state index in [0.29, 0.717) is 10.8 Å². The number of nitrogens with zero attached hydrogens (tertiary/aromatic N) is 3. The van der Waals surface area contributed by atoms with Crippen molar-refractivity contribution in [1.29, 1.82) is 0 Å². The molecule has 0 saturated heterocycles. The highest BCUT2D eigenvalue weighted by molar-refractivity contribution is 7.16. The quantitative estimate of drug-likeness (QED) is 0.728. The van der Waals surface area contributed by atoms with E-state index >= 15 is 0 Å². The number of nitrogens with one attached hydrogen (secondary N) is 2. The molecule has 1 amide bonds. The summed E-state index contributed by atoms with van der Waals surface area (Å²) < 4.78 is 5.35. The van der Waals surface area contributed by atoms with Crippen LogP contribution in [0.2, 0.25) is 0 Å². The van der Waals surface area contributed by atoms with Crippen molar-refractivity contribution < 1.29 is 9.53 Å². The van der Waals surface area contributed by atoms with Crippen molar-refractivity contribution in [1.82, 2.24) is 15.0 Å². The van der Waals surface area contributed by atoms with Crippen LogP contribution in [0.3, 0.4) is 0 Å². The first-order valence-electron chi connectivity index (χ1n) is 7.59. The molecule has 0 aliphatic carbocycles. The van der Waals surface area contributed by atoms with Gasteiger partial charge in [0.2, 0.25) is 0 Å². The first kappa shape index (κ1) is 16.8. The Morgan fingerprint density at radius 3 is 2.76 bits per heavy atom. The van der Waals surface area contributed by atoms with Gasteiger partial charge in [0.25, 0.3) is 5.88 Å². The molecule has 3 rings (SSSR count). The van der Waals surface area contributed by atoms with Gasteiger partial charge in [-0.05, 0) is 44.5 Å². The molecule has 0 unspecified atom stereocenters. The first-order chi connectivity index (χ1) is 12.0. The maximum Gasteiger partial charge on any atom is 0.419 e. The highest BCUT2D eigenvalue weighted by atomic mass is 32.1. The third kappa shape index (κ3) is 4.30. The van der Waals surface area contributed by atoms with Gasteiger partial charge in [0.05, 0.1) is 16.9 Å². The normalized spacial score (nSPS) is 10.4. The Balaban J connectivity index is 1.74. The van der Waals surface area contributed by atoms with Crippen LogP contribution in [0.5, 0.6) is 5.88 Å². The molecule has 2 N–H and O–H groups in total. The molecule has 3 aromatic heterocycles. The summed E-state index contributed by atoms with van der Waals surface area (Å²) in [5.74, 6) is 0.644. The Hall–Kier alpha value is -3.00. The first-order valence-corrected chi connectivity index (χ1v) is 8.40. The molecule has 3 aromatic rings. The maximum atomic E-state index is 12.1. The predicted octanol–water partition coefficient (Wildman–Crippen LogP) is 4.21. The van der Waals surface area contributed by atoms with Gasteiger partial charge in [-0.3, -0.25) is 10.3 Å². The number of hydrogen-bond acceptors (Lipinski definition) is 7. The smallest absolute Gasteiger partial charge is 0.388 e. The van der Waals surface area contributed by atoms with Crippen LogP contribution in [0, 0.1) is 20.8 Å². The Morgan fingerprint density at radius 1 is 1.16 bits per heavy atom. The largest absolute Gasteiger partial charge is 0.419 e. The summed E-state index contributed by atoms with van der Waals surface area (Å²) in [4.78, 5) is 24.7. The second-order valence-electron chi connectivity index (χ2n) is 5.36. The fourth-order valence-corrected chi connectivity index (χ4v) is 2.86. The Kier molecular flexibility index (Phi) is 4.90.